The van der Waals surface area contributed by atoms with E-state index < -0.39 is 0 Å². The molecule has 4 nitrogen and oxygen atoms in total. The normalized spacial score (nSPS) is 10.6. The topological polar surface area (TPSA) is 57.4 Å². The maximum Gasteiger partial charge on any atom is 0.128 e. The molecule has 0 amide bonds. The van der Waals surface area contributed by atoms with Gasteiger partial charge in [-0.2, -0.15) is 10.4 Å². The summed E-state index contributed by atoms with van der Waals surface area (Å²) >= 11 is 12.0. The molecule has 1 N–H and O–H groups in total. The van der Waals surface area contributed by atoms with E-state index >= 15 is 0 Å². The van der Waals surface area contributed by atoms with Gasteiger partial charge in [0.05, 0.1) is 24.4 Å². The molecule has 0 aliphatic rings. The van der Waals surface area contributed by atoms with Crippen LogP contribution in [-0.2, 0) is 13.2 Å². The summed E-state index contributed by atoms with van der Waals surface area (Å²) in [6.45, 7) is 0.852. The second kappa shape index (κ2) is 9.80. The number of hydrazone groups is 1. The summed E-state index contributed by atoms with van der Waals surface area (Å²) in [6, 6.07) is 22.4. The number of rotatable bonds is 7. The maximum atomic E-state index is 9.20. The molecule has 3 aromatic carbocycles. The van der Waals surface area contributed by atoms with Crippen molar-refractivity contribution in [3.8, 4) is 11.8 Å². The van der Waals surface area contributed by atoms with E-state index in [4.69, 9.17) is 27.9 Å². The van der Waals surface area contributed by atoms with Gasteiger partial charge in [-0.3, -0.25) is 0 Å². The zero-order valence-corrected chi connectivity index (χ0v) is 16.4. The van der Waals surface area contributed by atoms with Crippen LogP contribution in [0, 0.1) is 11.3 Å². The number of nitrogens with zero attached hydrogens (tertiary/aromatic N) is 2. The average Bonchev–Trinajstić information content (AvgIpc) is 2.72. The zero-order valence-electron chi connectivity index (χ0n) is 14.9. The Morgan fingerprint density at radius 2 is 1.75 bits per heavy atom. The van der Waals surface area contributed by atoms with Crippen LogP contribution in [0.1, 0.15) is 22.3 Å². The molecule has 0 aliphatic heterocycles. The van der Waals surface area contributed by atoms with Crippen molar-refractivity contribution in [2.45, 2.75) is 13.2 Å². The molecule has 0 saturated carbocycles. The SMILES string of the molecule is N#Cc1ccccc1COc1ccc(Cl)cc1/C=N\NCc1ccc(Cl)cc1. The monoisotopic (exact) mass is 409 g/mol. The Bertz CT molecular complexity index is 1010. The van der Waals surface area contributed by atoms with Crippen molar-refractivity contribution in [3.05, 3.63) is 99.0 Å². The molecule has 0 aliphatic carbocycles. The highest BCUT2D eigenvalue weighted by Gasteiger charge is 2.06. The fraction of sp³-hybridized carbons (Fsp3) is 0.0909. The van der Waals surface area contributed by atoms with E-state index in [0.29, 0.717) is 27.9 Å². The van der Waals surface area contributed by atoms with Crippen LogP contribution in [0.3, 0.4) is 0 Å². The number of benzene rings is 3. The highest BCUT2D eigenvalue weighted by atomic mass is 35.5. The Labute approximate surface area is 174 Å². The predicted molar refractivity (Wildman–Crippen MR) is 113 cm³/mol. The lowest BCUT2D eigenvalue weighted by atomic mass is 10.1. The van der Waals surface area contributed by atoms with Crippen LogP contribution in [0.4, 0.5) is 0 Å². The first kappa shape index (κ1) is 19.8. The van der Waals surface area contributed by atoms with Crippen molar-refractivity contribution in [2.75, 3.05) is 0 Å². The van der Waals surface area contributed by atoms with Crippen LogP contribution in [0.2, 0.25) is 10.0 Å². The Hall–Kier alpha value is -3.00. The number of hydrogen-bond donors (Lipinski definition) is 1. The van der Waals surface area contributed by atoms with Crippen LogP contribution >= 0.6 is 23.2 Å². The summed E-state index contributed by atoms with van der Waals surface area (Å²) in [6.07, 6.45) is 1.66. The van der Waals surface area contributed by atoms with Gasteiger partial charge in [0.2, 0.25) is 0 Å². The third kappa shape index (κ3) is 5.50. The molecular weight excluding hydrogens is 393 g/mol. The van der Waals surface area contributed by atoms with Gasteiger partial charge in [-0.25, -0.2) is 0 Å². The van der Waals surface area contributed by atoms with E-state index in [-0.39, 0.29) is 6.61 Å². The van der Waals surface area contributed by atoms with Crippen molar-refractivity contribution in [3.63, 3.8) is 0 Å². The molecule has 0 heterocycles. The molecule has 3 rings (SSSR count). The van der Waals surface area contributed by atoms with Gasteiger partial charge < -0.3 is 10.2 Å². The van der Waals surface area contributed by atoms with E-state index in [1.165, 1.54) is 0 Å². The molecular formula is C22H17Cl2N3O. The van der Waals surface area contributed by atoms with Crippen LogP contribution in [0.5, 0.6) is 5.75 Å². The van der Waals surface area contributed by atoms with Gasteiger partial charge in [0.15, 0.2) is 0 Å². The highest BCUT2D eigenvalue weighted by Crippen LogP contribution is 2.23. The molecule has 28 heavy (non-hydrogen) atoms. The van der Waals surface area contributed by atoms with E-state index in [9.17, 15) is 5.26 Å². The second-order valence-corrected chi connectivity index (χ2v) is 6.83. The van der Waals surface area contributed by atoms with Crippen molar-refractivity contribution in [1.29, 1.82) is 5.26 Å². The smallest absolute Gasteiger partial charge is 0.128 e. The van der Waals surface area contributed by atoms with Crippen molar-refractivity contribution >= 4 is 29.4 Å². The molecule has 0 unspecified atom stereocenters. The van der Waals surface area contributed by atoms with Crippen LogP contribution in [-0.4, -0.2) is 6.21 Å². The van der Waals surface area contributed by atoms with Crippen LogP contribution in [0.25, 0.3) is 0 Å². The minimum atomic E-state index is 0.282. The van der Waals surface area contributed by atoms with E-state index in [1.807, 2.05) is 42.5 Å². The third-order valence-electron chi connectivity index (χ3n) is 3.98. The van der Waals surface area contributed by atoms with Gasteiger partial charge in [-0.15, -0.1) is 0 Å². The Morgan fingerprint density at radius 3 is 2.54 bits per heavy atom. The molecule has 0 bridgehead atoms. The molecule has 0 spiro atoms. The number of ether oxygens (including phenoxy) is 1. The first-order valence-corrected chi connectivity index (χ1v) is 9.32. The second-order valence-electron chi connectivity index (χ2n) is 5.96. The fourth-order valence-corrected chi connectivity index (χ4v) is 2.82. The average molecular weight is 410 g/mol. The first-order chi connectivity index (χ1) is 13.7. The van der Waals surface area contributed by atoms with Crippen molar-refractivity contribution in [1.82, 2.24) is 5.43 Å². The molecule has 6 heteroatoms. The third-order valence-corrected chi connectivity index (χ3v) is 4.47. The summed E-state index contributed by atoms with van der Waals surface area (Å²) < 4.78 is 5.91. The maximum absolute atomic E-state index is 9.20. The van der Waals surface area contributed by atoms with Crippen LogP contribution in [0.15, 0.2) is 71.8 Å². The molecule has 0 fully saturated rings. The van der Waals surface area contributed by atoms with Gasteiger partial charge in [0.1, 0.15) is 12.4 Å². The zero-order chi connectivity index (χ0) is 19.8. The molecule has 0 saturated heterocycles. The lowest BCUT2D eigenvalue weighted by Crippen LogP contribution is -2.06. The summed E-state index contributed by atoms with van der Waals surface area (Å²) in [7, 11) is 0. The summed E-state index contributed by atoms with van der Waals surface area (Å²) in [4.78, 5) is 0. The quantitative estimate of drug-likeness (QED) is 0.409. The predicted octanol–water partition coefficient (Wildman–Crippen LogP) is 5.57. The minimum absolute atomic E-state index is 0.282. The largest absolute Gasteiger partial charge is 0.488 e. The van der Waals surface area contributed by atoms with Gasteiger partial charge in [-0.1, -0.05) is 53.5 Å². The fourth-order valence-electron chi connectivity index (χ4n) is 2.52. The number of halogens is 2. The van der Waals surface area contributed by atoms with E-state index in [0.717, 1.165) is 16.7 Å². The Morgan fingerprint density at radius 1 is 1.00 bits per heavy atom. The van der Waals surface area contributed by atoms with E-state index in [2.05, 4.69) is 16.6 Å². The molecule has 3 aromatic rings. The highest BCUT2D eigenvalue weighted by molar-refractivity contribution is 6.31. The Kier molecular flexibility index (Phi) is 6.91. The number of nitriles is 1. The number of nitrogens with one attached hydrogen (secondary N) is 1. The summed E-state index contributed by atoms with van der Waals surface area (Å²) in [5.41, 5.74) is 6.22. The minimum Gasteiger partial charge on any atom is -0.488 e. The van der Waals surface area contributed by atoms with Gasteiger partial charge >= 0.3 is 0 Å². The van der Waals surface area contributed by atoms with Gasteiger partial charge in [-0.05, 0) is 42.0 Å². The molecule has 0 aromatic heterocycles. The first-order valence-electron chi connectivity index (χ1n) is 8.56. The van der Waals surface area contributed by atoms with Gasteiger partial charge in [0, 0.05) is 21.2 Å². The molecule has 0 atom stereocenters. The van der Waals surface area contributed by atoms with E-state index in [1.54, 1.807) is 30.5 Å². The lowest BCUT2D eigenvalue weighted by Gasteiger charge is -2.10. The Balaban J connectivity index is 1.66. The van der Waals surface area contributed by atoms with Crippen LogP contribution < -0.4 is 10.2 Å². The molecule has 0 radical (unpaired) electrons. The molecule has 140 valence electrons. The van der Waals surface area contributed by atoms with Gasteiger partial charge in [0.25, 0.3) is 0 Å². The number of hydrogen-bond acceptors (Lipinski definition) is 4. The standard InChI is InChI=1S/C22H17Cl2N3O/c23-20-7-5-16(6-8-20)13-26-27-14-19-11-21(24)9-10-22(19)28-15-18-4-2-1-3-17(18)12-25/h1-11,14,26H,13,15H2/b27-14-. The van der Waals surface area contributed by atoms with Crippen molar-refractivity contribution in [2.24, 2.45) is 5.10 Å². The van der Waals surface area contributed by atoms with Crippen molar-refractivity contribution < 1.29 is 4.74 Å². The lowest BCUT2D eigenvalue weighted by molar-refractivity contribution is 0.305. The summed E-state index contributed by atoms with van der Waals surface area (Å²) in [5, 5.41) is 14.7. The summed E-state index contributed by atoms with van der Waals surface area (Å²) in [5.74, 6) is 0.634.